The number of carbonyl (C=O) groups excluding carboxylic acids is 1. The lowest BCUT2D eigenvalue weighted by Crippen LogP contribution is -2.32. The maximum absolute atomic E-state index is 11.2. The molecule has 0 saturated heterocycles. The highest BCUT2D eigenvalue weighted by atomic mass is 16.1. The van der Waals surface area contributed by atoms with Crippen LogP contribution in [0.3, 0.4) is 0 Å². The van der Waals surface area contributed by atoms with Gasteiger partial charge in [0.2, 0.25) is 5.91 Å². The van der Waals surface area contributed by atoms with Gasteiger partial charge in [0, 0.05) is 19.0 Å². The first-order valence-corrected chi connectivity index (χ1v) is 5.41. The highest BCUT2D eigenvalue weighted by molar-refractivity contribution is 5.77. The van der Waals surface area contributed by atoms with Crippen LogP contribution in [-0.2, 0) is 4.79 Å². The van der Waals surface area contributed by atoms with Crippen LogP contribution in [0.25, 0.3) is 0 Å². The molecule has 0 radical (unpaired) electrons. The second-order valence-electron chi connectivity index (χ2n) is 3.93. The maximum atomic E-state index is 11.2. The first-order valence-electron chi connectivity index (χ1n) is 5.41. The van der Waals surface area contributed by atoms with Crippen LogP contribution in [0.4, 0.5) is 5.82 Å². The summed E-state index contributed by atoms with van der Waals surface area (Å²) in [6.45, 7) is 6.87. The van der Waals surface area contributed by atoms with Gasteiger partial charge in [-0.2, -0.15) is 5.10 Å². The molecule has 0 aromatic carbocycles. The first-order chi connectivity index (χ1) is 7.59. The van der Waals surface area contributed by atoms with Crippen molar-refractivity contribution in [3.05, 3.63) is 17.8 Å². The van der Waals surface area contributed by atoms with E-state index in [4.69, 9.17) is 0 Å². The van der Waals surface area contributed by atoms with E-state index in [9.17, 15) is 4.79 Å². The molecule has 2 N–H and O–H groups in total. The Labute approximate surface area is 95.7 Å². The number of carbonyl (C=O) groups is 1. The van der Waals surface area contributed by atoms with E-state index >= 15 is 0 Å². The number of anilines is 1. The van der Waals surface area contributed by atoms with Crippen LogP contribution >= 0.6 is 0 Å². The first kappa shape index (κ1) is 12.4. The molecule has 16 heavy (non-hydrogen) atoms. The van der Waals surface area contributed by atoms with Crippen LogP contribution in [0.15, 0.2) is 12.1 Å². The van der Waals surface area contributed by atoms with Crippen molar-refractivity contribution in [3.8, 4) is 0 Å². The lowest BCUT2D eigenvalue weighted by atomic mass is 10.2. The molecule has 0 unspecified atom stereocenters. The van der Waals surface area contributed by atoms with E-state index in [1.807, 2.05) is 32.9 Å². The van der Waals surface area contributed by atoms with Crippen LogP contribution in [0.2, 0.25) is 0 Å². The van der Waals surface area contributed by atoms with Crippen molar-refractivity contribution in [2.24, 2.45) is 5.92 Å². The van der Waals surface area contributed by atoms with Crippen molar-refractivity contribution in [1.82, 2.24) is 15.5 Å². The van der Waals surface area contributed by atoms with Gasteiger partial charge in [-0.05, 0) is 19.1 Å². The van der Waals surface area contributed by atoms with Crippen molar-refractivity contribution in [2.75, 3.05) is 18.4 Å². The Balaban J connectivity index is 2.21. The fraction of sp³-hybridized carbons (Fsp3) is 0.545. The molecule has 1 rings (SSSR count). The summed E-state index contributed by atoms with van der Waals surface area (Å²) >= 11 is 0. The molecule has 5 heteroatoms. The average Bonchev–Trinajstić information content (AvgIpc) is 2.26. The third-order valence-electron chi connectivity index (χ3n) is 2.05. The number of rotatable bonds is 5. The Morgan fingerprint density at radius 2 is 2.06 bits per heavy atom. The molecule has 0 fully saturated rings. The predicted octanol–water partition coefficient (Wildman–Crippen LogP) is 0.969. The second kappa shape index (κ2) is 6.05. The number of aromatic nitrogens is 2. The van der Waals surface area contributed by atoms with Gasteiger partial charge in [-0.15, -0.1) is 5.10 Å². The monoisotopic (exact) mass is 222 g/mol. The molecule has 0 saturated carbocycles. The van der Waals surface area contributed by atoms with E-state index in [1.165, 1.54) is 0 Å². The van der Waals surface area contributed by atoms with Gasteiger partial charge in [-0.25, -0.2) is 0 Å². The molecule has 0 aliphatic carbocycles. The third-order valence-corrected chi connectivity index (χ3v) is 2.05. The summed E-state index contributed by atoms with van der Waals surface area (Å²) in [6, 6.07) is 3.76. The highest BCUT2D eigenvalue weighted by Gasteiger charge is 2.04. The van der Waals surface area contributed by atoms with E-state index in [1.54, 1.807) is 0 Å². The summed E-state index contributed by atoms with van der Waals surface area (Å²) in [5.74, 6) is 0.820. The van der Waals surface area contributed by atoms with Crippen molar-refractivity contribution in [2.45, 2.75) is 20.8 Å². The van der Waals surface area contributed by atoms with Crippen molar-refractivity contribution in [1.29, 1.82) is 0 Å². The van der Waals surface area contributed by atoms with E-state index in [-0.39, 0.29) is 11.8 Å². The molecule has 88 valence electrons. The Kier molecular flexibility index (Phi) is 4.69. The summed E-state index contributed by atoms with van der Waals surface area (Å²) in [4.78, 5) is 11.2. The Morgan fingerprint density at radius 3 is 2.62 bits per heavy atom. The summed E-state index contributed by atoms with van der Waals surface area (Å²) in [7, 11) is 0. The molecule has 5 nitrogen and oxygen atoms in total. The molecule has 1 amide bonds. The van der Waals surface area contributed by atoms with E-state index < -0.39 is 0 Å². The maximum Gasteiger partial charge on any atom is 0.222 e. The van der Waals surface area contributed by atoms with Crippen LogP contribution < -0.4 is 10.6 Å². The molecule has 1 aromatic rings. The second-order valence-corrected chi connectivity index (χ2v) is 3.93. The SMILES string of the molecule is Cc1ccc(NCCNC(=O)C(C)C)nn1. The van der Waals surface area contributed by atoms with Gasteiger partial charge in [-0.1, -0.05) is 13.8 Å². The zero-order valence-corrected chi connectivity index (χ0v) is 9.95. The third kappa shape index (κ3) is 4.25. The fourth-order valence-electron chi connectivity index (χ4n) is 1.07. The van der Waals surface area contributed by atoms with Crippen molar-refractivity contribution >= 4 is 11.7 Å². The lowest BCUT2D eigenvalue weighted by Gasteiger charge is -2.08. The van der Waals surface area contributed by atoms with Gasteiger partial charge in [0.15, 0.2) is 0 Å². The Morgan fingerprint density at radius 1 is 1.31 bits per heavy atom. The quantitative estimate of drug-likeness (QED) is 0.728. The summed E-state index contributed by atoms with van der Waals surface area (Å²) in [5, 5.41) is 13.8. The van der Waals surface area contributed by atoms with Gasteiger partial charge in [0.05, 0.1) is 5.69 Å². The standard InChI is InChI=1S/C11H18N4O/c1-8(2)11(16)13-7-6-12-10-5-4-9(3)14-15-10/h4-5,8H,6-7H2,1-3H3,(H,12,15)(H,13,16). The highest BCUT2D eigenvalue weighted by Crippen LogP contribution is 1.99. The van der Waals surface area contributed by atoms with Gasteiger partial charge in [-0.3, -0.25) is 4.79 Å². The number of hydrogen-bond acceptors (Lipinski definition) is 4. The largest absolute Gasteiger partial charge is 0.367 e. The molecule has 0 atom stereocenters. The van der Waals surface area contributed by atoms with Gasteiger partial charge < -0.3 is 10.6 Å². The van der Waals surface area contributed by atoms with Gasteiger partial charge in [0.1, 0.15) is 5.82 Å². The zero-order valence-electron chi connectivity index (χ0n) is 9.95. The van der Waals surface area contributed by atoms with Crippen LogP contribution in [0.5, 0.6) is 0 Å². The van der Waals surface area contributed by atoms with E-state index in [0.717, 1.165) is 11.5 Å². The number of amides is 1. The van der Waals surface area contributed by atoms with Gasteiger partial charge in [0.25, 0.3) is 0 Å². The molecule has 1 aromatic heterocycles. The minimum Gasteiger partial charge on any atom is -0.367 e. The van der Waals surface area contributed by atoms with E-state index in [2.05, 4.69) is 20.8 Å². The van der Waals surface area contributed by atoms with E-state index in [0.29, 0.717) is 13.1 Å². The molecule has 0 aliphatic rings. The van der Waals surface area contributed by atoms with Gasteiger partial charge >= 0.3 is 0 Å². The Hall–Kier alpha value is -1.65. The number of nitrogens with zero attached hydrogens (tertiary/aromatic N) is 2. The molecule has 0 spiro atoms. The summed E-state index contributed by atoms with van der Waals surface area (Å²) < 4.78 is 0. The molecule has 0 aliphatic heterocycles. The number of hydrogen-bond donors (Lipinski definition) is 2. The van der Waals surface area contributed by atoms with Crippen LogP contribution in [-0.4, -0.2) is 29.2 Å². The topological polar surface area (TPSA) is 66.9 Å². The van der Waals surface area contributed by atoms with Crippen molar-refractivity contribution in [3.63, 3.8) is 0 Å². The lowest BCUT2D eigenvalue weighted by molar-refractivity contribution is -0.123. The summed E-state index contributed by atoms with van der Waals surface area (Å²) in [6.07, 6.45) is 0. The van der Waals surface area contributed by atoms with Crippen LogP contribution in [0, 0.1) is 12.8 Å². The molecular weight excluding hydrogens is 204 g/mol. The van der Waals surface area contributed by atoms with Crippen LogP contribution in [0.1, 0.15) is 19.5 Å². The smallest absolute Gasteiger partial charge is 0.222 e. The zero-order chi connectivity index (χ0) is 12.0. The fourth-order valence-corrected chi connectivity index (χ4v) is 1.07. The predicted molar refractivity (Wildman–Crippen MR) is 63.1 cm³/mol. The normalized spacial score (nSPS) is 10.2. The average molecular weight is 222 g/mol. The minimum absolute atomic E-state index is 0.0270. The number of nitrogens with one attached hydrogen (secondary N) is 2. The molecule has 0 bridgehead atoms. The number of aryl methyl sites for hydroxylation is 1. The van der Waals surface area contributed by atoms with Crippen molar-refractivity contribution < 1.29 is 4.79 Å². The molecular formula is C11H18N4O. The Bertz CT molecular complexity index is 334. The molecule has 1 heterocycles. The summed E-state index contributed by atoms with van der Waals surface area (Å²) in [5.41, 5.74) is 0.888. The minimum atomic E-state index is 0.0270.